The van der Waals surface area contributed by atoms with Crippen LogP contribution in [0.15, 0.2) is 23.0 Å². The number of aromatic nitrogens is 2. The minimum absolute atomic E-state index is 0.194. The molecule has 0 bridgehead atoms. The smallest absolute Gasteiger partial charge is 0.337 e. The van der Waals surface area contributed by atoms with Gasteiger partial charge >= 0.3 is 5.97 Å². The van der Waals surface area contributed by atoms with Gasteiger partial charge in [-0.05, 0) is 38.2 Å². The van der Waals surface area contributed by atoms with Crippen LogP contribution < -0.4 is 5.56 Å². The van der Waals surface area contributed by atoms with E-state index in [0.717, 1.165) is 19.4 Å². The van der Waals surface area contributed by atoms with Crippen molar-refractivity contribution in [3.8, 4) is 0 Å². The lowest BCUT2D eigenvalue weighted by Crippen LogP contribution is -2.23. The number of methoxy groups -OCH3 is 1. The molecule has 1 aromatic carbocycles. The molecule has 2 aromatic rings. The number of aromatic amines is 1. The van der Waals surface area contributed by atoms with Crippen molar-refractivity contribution in [2.24, 2.45) is 0 Å². The van der Waals surface area contributed by atoms with E-state index in [1.54, 1.807) is 18.2 Å². The van der Waals surface area contributed by atoms with Gasteiger partial charge in [0.2, 0.25) is 0 Å². The summed E-state index contributed by atoms with van der Waals surface area (Å²) >= 11 is 0. The quantitative estimate of drug-likeness (QED) is 0.825. The van der Waals surface area contributed by atoms with Crippen LogP contribution in [0, 0.1) is 0 Å². The molecule has 0 unspecified atom stereocenters. The van der Waals surface area contributed by atoms with Gasteiger partial charge in [0.25, 0.3) is 5.56 Å². The maximum atomic E-state index is 12.1. The zero-order valence-electron chi connectivity index (χ0n) is 13.2. The molecule has 0 aliphatic carbocycles. The summed E-state index contributed by atoms with van der Waals surface area (Å²) in [4.78, 5) is 33.1. The summed E-state index contributed by atoms with van der Waals surface area (Å²) in [6.45, 7) is 3.65. The molecule has 0 atom stereocenters. The highest BCUT2D eigenvalue weighted by atomic mass is 16.5. The third-order valence-corrected chi connectivity index (χ3v) is 3.49. The fourth-order valence-electron chi connectivity index (χ4n) is 2.27. The summed E-state index contributed by atoms with van der Waals surface area (Å²) < 4.78 is 4.69. The molecule has 0 radical (unpaired) electrons. The van der Waals surface area contributed by atoms with Gasteiger partial charge in [-0.25, -0.2) is 9.78 Å². The van der Waals surface area contributed by atoms with Crippen LogP contribution >= 0.6 is 0 Å². The average molecular weight is 303 g/mol. The number of benzene rings is 1. The van der Waals surface area contributed by atoms with E-state index in [1.807, 2.05) is 7.05 Å². The van der Waals surface area contributed by atoms with Crippen molar-refractivity contribution in [1.82, 2.24) is 14.9 Å². The molecule has 22 heavy (non-hydrogen) atoms. The fraction of sp³-hybridized carbons (Fsp3) is 0.438. The molecule has 0 aliphatic rings. The van der Waals surface area contributed by atoms with Crippen LogP contribution in [0.4, 0.5) is 0 Å². The number of H-pyrrole nitrogens is 1. The Morgan fingerprint density at radius 1 is 1.41 bits per heavy atom. The van der Waals surface area contributed by atoms with Gasteiger partial charge in [0.15, 0.2) is 0 Å². The predicted molar refractivity (Wildman–Crippen MR) is 84.9 cm³/mol. The molecular formula is C16H21N3O3. The number of esters is 1. The van der Waals surface area contributed by atoms with E-state index in [2.05, 4.69) is 21.8 Å². The Hall–Kier alpha value is -2.21. The van der Waals surface area contributed by atoms with E-state index in [0.29, 0.717) is 28.8 Å². The summed E-state index contributed by atoms with van der Waals surface area (Å²) in [5.41, 5.74) is 0.698. The first-order chi connectivity index (χ1) is 10.5. The zero-order valence-corrected chi connectivity index (χ0v) is 13.2. The molecule has 0 fully saturated rings. The molecule has 2 rings (SSSR count). The van der Waals surface area contributed by atoms with Crippen molar-refractivity contribution < 1.29 is 9.53 Å². The Kier molecular flexibility index (Phi) is 5.27. The lowest BCUT2D eigenvalue weighted by atomic mass is 10.1. The normalized spacial score (nSPS) is 11.1. The van der Waals surface area contributed by atoms with Crippen LogP contribution in [-0.4, -0.2) is 41.5 Å². The number of ether oxygens (including phenoxy) is 1. The Bertz CT molecular complexity index is 724. The van der Waals surface area contributed by atoms with Gasteiger partial charge in [0.1, 0.15) is 5.82 Å². The predicted octanol–water partition coefficient (Wildman–Crippen LogP) is 1.94. The molecule has 0 saturated heterocycles. The molecule has 6 heteroatoms. The van der Waals surface area contributed by atoms with Crippen LogP contribution in [0.25, 0.3) is 10.9 Å². The van der Waals surface area contributed by atoms with Crippen LogP contribution in [0.3, 0.4) is 0 Å². The highest BCUT2D eigenvalue weighted by Gasteiger charge is 2.10. The first kappa shape index (κ1) is 16.2. The van der Waals surface area contributed by atoms with Crippen LogP contribution in [0.5, 0.6) is 0 Å². The number of hydrogen-bond acceptors (Lipinski definition) is 5. The summed E-state index contributed by atoms with van der Waals surface area (Å²) in [5.74, 6) is 0.156. The molecule has 0 amide bonds. The minimum Gasteiger partial charge on any atom is -0.465 e. The lowest BCUT2D eigenvalue weighted by molar-refractivity contribution is 0.0601. The highest BCUT2D eigenvalue weighted by Crippen LogP contribution is 2.12. The van der Waals surface area contributed by atoms with Gasteiger partial charge in [-0.3, -0.25) is 9.69 Å². The number of carbonyl (C=O) groups is 1. The highest BCUT2D eigenvalue weighted by molar-refractivity contribution is 5.93. The monoisotopic (exact) mass is 303 g/mol. The van der Waals surface area contributed by atoms with Crippen LogP contribution in [0.1, 0.15) is 35.9 Å². The van der Waals surface area contributed by atoms with Gasteiger partial charge in [0.05, 0.1) is 30.1 Å². The standard InChI is InChI=1S/C16H21N3O3/c1-4-5-8-19(2)10-14-17-13-9-11(16(21)22-3)6-7-12(13)15(20)18-14/h6-7,9H,4-5,8,10H2,1-3H3,(H,17,18,20). The van der Waals surface area contributed by atoms with Crippen molar-refractivity contribution in [1.29, 1.82) is 0 Å². The fourth-order valence-corrected chi connectivity index (χ4v) is 2.27. The number of unbranched alkanes of at least 4 members (excludes halogenated alkanes) is 1. The van der Waals surface area contributed by atoms with E-state index in [4.69, 9.17) is 4.74 Å². The Labute approximate surface area is 129 Å². The Balaban J connectivity index is 2.33. The van der Waals surface area contributed by atoms with Crippen LogP contribution in [0.2, 0.25) is 0 Å². The van der Waals surface area contributed by atoms with Crippen molar-refractivity contribution in [3.63, 3.8) is 0 Å². The number of fused-ring (bicyclic) bond motifs is 1. The molecule has 118 valence electrons. The maximum absolute atomic E-state index is 12.1. The summed E-state index contributed by atoms with van der Waals surface area (Å²) in [7, 11) is 3.32. The third-order valence-electron chi connectivity index (χ3n) is 3.49. The first-order valence-electron chi connectivity index (χ1n) is 7.35. The molecular weight excluding hydrogens is 282 g/mol. The van der Waals surface area contributed by atoms with E-state index in [-0.39, 0.29) is 5.56 Å². The van der Waals surface area contributed by atoms with Crippen molar-refractivity contribution in [2.45, 2.75) is 26.3 Å². The second-order valence-electron chi connectivity index (χ2n) is 5.33. The van der Waals surface area contributed by atoms with Gasteiger partial charge < -0.3 is 9.72 Å². The molecule has 1 aromatic heterocycles. The molecule has 0 aliphatic heterocycles. The summed E-state index contributed by atoms with van der Waals surface area (Å²) in [6, 6.07) is 4.75. The number of nitrogens with zero attached hydrogens (tertiary/aromatic N) is 2. The number of carbonyl (C=O) groups excluding carboxylic acids is 1. The third kappa shape index (κ3) is 3.71. The van der Waals surface area contributed by atoms with Crippen molar-refractivity contribution >= 4 is 16.9 Å². The Morgan fingerprint density at radius 2 is 2.18 bits per heavy atom. The largest absolute Gasteiger partial charge is 0.465 e. The van der Waals surface area contributed by atoms with E-state index >= 15 is 0 Å². The molecule has 1 N–H and O–H groups in total. The van der Waals surface area contributed by atoms with E-state index in [9.17, 15) is 9.59 Å². The zero-order chi connectivity index (χ0) is 16.1. The molecule has 6 nitrogen and oxygen atoms in total. The average Bonchev–Trinajstić information content (AvgIpc) is 2.51. The number of rotatable bonds is 6. The van der Waals surface area contributed by atoms with Gasteiger partial charge in [-0.15, -0.1) is 0 Å². The second-order valence-corrected chi connectivity index (χ2v) is 5.33. The summed E-state index contributed by atoms with van der Waals surface area (Å²) in [6.07, 6.45) is 2.22. The first-order valence-corrected chi connectivity index (χ1v) is 7.35. The molecule has 1 heterocycles. The van der Waals surface area contributed by atoms with Gasteiger partial charge in [0, 0.05) is 0 Å². The van der Waals surface area contributed by atoms with Gasteiger partial charge in [-0.2, -0.15) is 0 Å². The number of nitrogens with one attached hydrogen (secondary N) is 1. The molecule has 0 saturated carbocycles. The second kappa shape index (κ2) is 7.17. The van der Waals surface area contributed by atoms with E-state index in [1.165, 1.54) is 7.11 Å². The van der Waals surface area contributed by atoms with Crippen molar-refractivity contribution in [3.05, 3.63) is 39.9 Å². The van der Waals surface area contributed by atoms with Crippen molar-refractivity contribution in [2.75, 3.05) is 20.7 Å². The van der Waals surface area contributed by atoms with Crippen LogP contribution in [-0.2, 0) is 11.3 Å². The molecule has 0 spiro atoms. The van der Waals surface area contributed by atoms with Gasteiger partial charge in [-0.1, -0.05) is 13.3 Å². The van der Waals surface area contributed by atoms with E-state index < -0.39 is 5.97 Å². The Morgan fingerprint density at radius 3 is 2.86 bits per heavy atom. The lowest BCUT2D eigenvalue weighted by Gasteiger charge is -2.15. The topological polar surface area (TPSA) is 75.3 Å². The SMILES string of the molecule is CCCCN(C)Cc1nc2cc(C(=O)OC)ccc2c(=O)[nH]1. The number of hydrogen-bond donors (Lipinski definition) is 1. The minimum atomic E-state index is -0.439. The summed E-state index contributed by atoms with van der Waals surface area (Å²) in [5, 5.41) is 0.465. The maximum Gasteiger partial charge on any atom is 0.337 e.